The molecular weight excluding hydrogens is 212 g/mol. The molecule has 1 N–H and O–H groups in total. The number of carbonyl (C=O) groups excluding carboxylic acids is 1. The summed E-state index contributed by atoms with van der Waals surface area (Å²) in [5, 5.41) is 11.3. The fourth-order valence-corrected chi connectivity index (χ4v) is 1.21. The lowest BCUT2D eigenvalue weighted by molar-refractivity contribution is -0.116. The Bertz CT molecular complexity index is 367. The fraction of sp³-hybridized carbons (Fsp3) is 0.273. The van der Waals surface area contributed by atoms with Crippen molar-refractivity contribution in [3.05, 3.63) is 29.8 Å². The molecule has 1 amide bonds. The quantitative estimate of drug-likeness (QED) is 0.796. The standard InChI is InChI=1S/C11H11ClN2O/c12-7-1-2-11(15)14-10-5-3-9(8-13)4-6-10/h3-6H,1-2,7H2,(H,14,15). The van der Waals surface area contributed by atoms with E-state index in [1.165, 1.54) is 0 Å². The van der Waals surface area contributed by atoms with E-state index in [0.717, 1.165) is 0 Å². The van der Waals surface area contributed by atoms with Crippen LogP contribution in [0.25, 0.3) is 0 Å². The molecule has 0 aliphatic heterocycles. The number of anilines is 1. The number of nitrogens with zero attached hydrogens (tertiary/aromatic N) is 1. The second-order valence-electron chi connectivity index (χ2n) is 3.03. The molecule has 0 bridgehead atoms. The van der Waals surface area contributed by atoms with Gasteiger partial charge in [0.1, 0.15) is 0 Å². The monoisotopic (exact) mass is 222 g/mol. The van der Waals surface area contributed by atoms with Crippen LogP contribution < -0.4 is 5.32 Å². The summed E-state index contributed by atoms with van der Waals surface area (Å²) in [4.78, 5) is 11.3. The highest BCUT2D eigenvalue weighted by Gasteiger charge is 2.01. The maximum absolute atomic E-state index is 11.3. The number of benzene rings is 1. The molecule has 0 aliphatic carbocycles. The van der Waals surface area contributed by atoms with E-state index in [1.54, 1.807) is 24.3 Å². The maximum Gasteiger partial charge on any atom is 0.224 e. The molecule has 3 nitrogen and oxygen atoms in total. The van der Waals surface area contributed by atoms with Crippen LogP contribution in [0.5, 0.6) is 0 Å². The zero-order valence-electron chi connectivity index (χ0n) is 8.16. The highest BCUT2D eigenvalue weighted by molar-refractivity contribution is 6.18. The number of carbonyl (C=O) groups is 1. The number of hydrogen-bond acceptors (Lipinski definition) is 2. The molecule has 1 aromatic carbocycles. The number of rotatable bonds is 4. The zero-order valence-corrected chi connectivity index (χ0v) is 8.92. The Kier molecular flexibility index (Phi) is 4.65. The second kappa shape index (κ2) is 6.05. The van der Waals surface area contributed by atoms with Crippen molar-refractivity contribution in [2.45, 2.75) is 12.8 Å². The van der Waals surface area contributed by atoms with Crippen molar-refractivity contribution in [2.75, 3.05) is 11.2 Å². The molecule has 0 saturated carbocycles. The number of nitriles is 1. The van der Waals surface area contributed by atoms with Gasteiger partial charge in [-0.15, -0.1) is 11.6 Å². The van der Waals surface area contributed by atoms with Crippen molar-refractivity contribution >= 4 is 23.2 Å². The third-order valence-electron chi connectivity index (χ3n) is 1.84. The summed E-state index contributed by atoms with van der Waals surface area (Å²) < 4.78 is 0. The molecule has 0 aromatic heterocycles. The summed E-state index contributed by atoms with van der Waals surface area (Å²) >= 11 is 5.47. The molecule has 0 fully saturated rings. The Labute approximate surface area is 93.7 Å². The lowest BCUT2D eigenvalue weighted by Gasteiger charge is -2.03. The fourth-order valence-electron chi connectivity index (χ4n) is 1.08. The van der Waals surface area contributed by atoms with Crippen molar-refractivity contribution in [1.82, 2.24) is 0 Å². The van der Waals surface area contributed by atoms with Gasteiger partial charge in [0, 0.05) is 18.0 Å². The molecule has 0 radical (unpaired) electrons. The van der Waals surface area contributed by atoms with E-state index in [2.05, 4.69) is 5.32 Å². The summed E-state index contributed by atoms with van der Waals surface area (Å²) in [6, 6.07) is 8.75. The van der Waals surface area contributed by atoms with Gasteiger partial charge in [-0.1, -0.05) is 0 Å². The normalized spacial score (nSPS) is 9.33. The largest absolute Gasteiger partial charge is 0.326 e. The van der Waals surface area contributed by atoms with Crippen molar-refractivity contribution in [2.24, 2.45) is 0 Å². The van der Waals surface area contributed by atoms with Gasteiger partial charge in [-0.25, -0.2) is 0 Å². The molecule has 15 heavy (non-hydrogen) atoms. The summed E-state index contributed by atoms with van der Waals surface area (Å²) in [6.07, 6.45) is 1.09. The van der Waals surface area contributed by atoms with Gasteiger partial charge in [-0.2, -0.15) is 5.26 Å². The summed E-state index contributed by atoms with van der Waals surface area (Å²) in [6.45, 7) is 0. The van der Waals surface area contributed by atoms with Crippen molar-refractivity contribution in [3.8, 4) is 6.07 Å². The minimum absolute atomic E-state index is 0.0552. The molecule has 0 spiro atoms. The molecule has 4 heteroatoms. The lowest BCUT2D eigenvalue weighted by Crippen LogP contribution is -2.11. The molecule has 1 aromatic rings. The summed E-state index contributed by atoms with van der Waals surface area (Å²) in [7, 11) is 0. The topological polar surface area (TPSA) is 52.9 Å². The van der Waals surface area contributed by atoms with Crippen LogP contribution >= 0.6 is 11.6 Å². The Morgan fingerprint density at radius 2 is 2.07 bits per heavy atom. The molecule has 0 atom stereocenters. The van der Waals surface area contributed by atoms with Crippen molar-refractivity contribution in [1.29, 1.82) is 5.26 Å². The van der Waals surface area contributed by atoms with Gasteiger partial charge in [0.05, 0.1) is 11.6 Å². The van der Waals surface area contributed by atoms with Crippen LogP contribution in [0.2, 0.25) is 0 Å². The van der Waals surface area contributed by atoms with E-state index >= 15 is 0 Å². The SMILES string of the molecule is N#Cc1ccc(NC(=O)CCCCl)cc1. The molecule has 78 valence electrons. The van der Waals surface area contributed by atoms with Crippen LogP contribution in [0, 0.1) is 11.3 Å². The third-order valence-corrected chi connectivity index (χ3v) is 2.10. The minimum atomic E-state index is -0.0552. The van der Waals surface area contributed by atoms with Crippen LogP contribution in [0.15, 0.2) is 24.3 Å². The van der Waals surface area contributed by atoms with Crippen LogP contribution in [0.4, 0.5) is 5.69 Å². The number of alkyl halides is 1. The van der Waals surface area contributed by atoms with Crippen molar-refractivity contribution < 1.29 is 4.79 Å². The van der Waals surface area contributed by atoms with Gasteiger partial charge < -0.3 is 5.32 Å². The van der Waals surface area contributed by atoms with Crippen molar-refractivity contribution in [3.63, 3.8) is 0 Å². The van der Waals surface area contributed by atoms with Crippen LogP contribution in [-0.4, -0.2) is 11.8 Å². The zero-order chi connectivity index (χ0) is 11.1. The average molecular weight is 223 g/mol. The number of hydrogen-bond donors (Lipinski definition) is 1. The number of amides is 1. The van der Waals surface area contributed by atoms with E-state index in [9.17, 15) is 4.79 Å². The average Bonchev–Trinajstić information content (AvgIpc) is 2.27. The van der Waals surface area contributed by atoms with Gasteiger partial charge in [0.25, 0.3) is 0 Å². The van der Waals surface area contributed by atoms with Gasteiger partial charge in [-0.3, -0.25) is 4.79 Å². The van der Waals surface area contributed by atoms with Crippen LogP contribution in [0.1, 0.15) is 18.4 Å². The third kappa shape index (κ3) is 4.01. The molecule has 0 saturated heterocycles. The van der Waals surface area contributed by atoms with Gasteiger partial charge >= 0.3 is 0 Å². The number of halogens is 1. The highest BCUT2D eigenvalue weighted by atomic mass is 35.5. The van der Waals surface area contributed by atoms with Crippen LogP contribution in [0.3, 0.4) is 0 Å². The van der Waals surface area contributed by atoms with E-state index in [1.807, 2.05) is 6.07 Å². The smallest absolute Gasteiger partial charge is 0.224 e. The number of nitrogens with one attached hydrogen (secondary N) is 1. The molecular formula is C11H11ClN2O. The predicted octanol–water partition coefficient (Wildman–Crippen LogP) is 2.52. The first-order valence-electron chi connectivity index (χ1n) is 4.62. The molecule has 0 aliphatic rings. The van der Waals surface area contributed by atoms with Gasteiger partial charge in [0.2, 0.25) is 5.91 Å². The summed E-state index contributed by atoms with van der Waals surface area (Å²) in [5.74, 6) is 0.432. The van der Waals surface area contributed by atoms with E-state index < -0.39 is 0 Å². The first-order chi connectivity index (χ1) is 7.26. The van der Waals surface area contributed by atoms with Gasteiger partial charge in [0.15, 0.2) is 0 Å². The first kappa shape index (κ1) is 11.5. The second-order valence-corrected chi connectivity index (χ2v) is 3.41. The van der Waals surface area contributed by atoms with Gasteiger partial charge in [-0.05, 0) is 30.7 Å². The molecule has 0 heterocycles. The minimum Gasteiger partial charge on any atom is -0.326 e. The molecule has 0 unspecified atom stereocenters. The Balaban J connectivity index is 2.50. The maximum atomic E-state index is 11.3. The highest BCUT2D eigenvalue weighted by Crippen LogP contribution is 2.09. The molecule has 1 rings (SSSR count). The van der Waals surface area contributed by atoms with E-state index in [0.29, 0.717) is 30.0 Å². The van der Waals surface area contributed by atoms with Crippen LogP contribution in [-0.2, 0) is 4.79 Å². The summed E-state index contributed by atoms with van der Waals surface area (Å²) in [5.41, 5.74) is 1.28. The lowest BCUT2D eigenvalue weighted by atomic mass is 10.2. The predicted molar refractivity (Wildman–Crippen MR) is 59.7 cm³/mol. The Morgan fingerprint density at radius 3 is 2.60 bits per heavy atom. The Hall–Kier alpha value is -1.53. The van der Waals surface area contributed by atoms with E-state index in [4.69, 9.17) is 16.9 Å². The Morgan fingerprint density at radius 1 is 1.40 bits per heavy atom. The van der Waals surface area contributed by atoms with E-state index in [-0.39, 0.29) is 5.91 Å². The first-order valence-corrected chi connectivity index (χ1v) is 5.15.